The zero-order valence-corrected chi connectivity index (χ0v) is 19.8. The summed E-state index contributed by atoms with van der Waals surface area (Å²) in [4.78, 5) is 28.9. The van der Waals surface area contributed by atoms with Crippen molar-refractivity contribution >= 4 is 33.2 Å². The van der Waals surface area contributed by atoms with Gasteiger partial charge in [-0.3, -0.25) is 14.5 Å². The van der Waals surface area contributed by atoms with Gasteiger partial charge in [0.25, 0.3) is 5.91 Å². The average molecular weight is 468 g/mol. The van der Waals surface area contributed by atoms with Crippen molar-refractivity contribution in [1.29, 1.82) is 0 Å². The van der Waals surface area contributed by atoms with Crippen molar-refractivity contribution in [3.8, 4) is 0 Å². The molecule has 0 radical (unpaired) electrons. The summed E-state index contributed by atoms with van der Waals surface area (Å²) in [6.07, 6.45) is 1.43. The van der Waals surface area contributed by atoms with Gasteiger partial charge in [0.05, 0.1) is 4.88 Å². The number of nitrogens with one attached hydrogen (secondary N) is 2. The number of hydrogen-bond donors (Lipinski definition) is 2. The van der Waals surface area contributed by atoms with Crippen molar-refractivity contribution in [1.82, 2.24) is 15.5 Å². The van der Waals surface area contributed by atoms with Crippen molar-refractivity contribution in [2.45, 2.75) is 45.3 Å². The van der Waals surface area contributed by atoms with Gasteiger partial charge in [-0.2, -0.15) is 0 Å². The molecule has 2 atom stereocenters. The maximum absolute atomic E-state index is 13.1. The van der Waals surface area contributed by atoms with Gasteiger partial charge < -0.3 is 10.6 Å². The van der Waals surface area contributed by atoms with E-state index in [9.17, 15) is 14.0 Å². The zero-order valence-electron chi connectivity index (χ0n) is 19.0. The number of rotatable bonds is 8. The van der Waals surface area contributed by atoms with Crippen molar-refractivity contribution in [2.75, 3.05) is 13.1 Å². The average Bonchev–Trinajstić information content (AvgIpc) is 3.41. The third-order valence-electron chi connectivity index (χ3n) is 5.92. The highest BCUT2D eigenvalue weighted by molar-refractivity contribution is 7.20. The molecule has 2 heterocycles. The molecule has 0 aliphatic carbocycles. The molecular weight excluding hydrogens is 437 g/mol. The van der Waals surface area contributed by atoms with Gasteiger partial charge in [-0.05, 0) is 54.0 Å². The van der Waals surface area contributed by atoms with Crippen LogP contribution in [0.3, 0.4) is 0 Å². The smallest absolute Gasteiger partial charge is 0.262 e. The Morgan fingerprint density at radius 2 is 1.91 bits per heavy atom. The van der Waals surface area contributed by atoms with E-state index in [1.165, 1.54) is 23.5 Å². The van der Waals surface area contributed by atoms with Crippen molar-refractivity contribution in [3.63, 3.8) is 0 Å². The summed E-state index contributed by atoms with van der Waals surface area (Å²) >= 11 is 1.44. The third kappa shape index (κ3) is 6.18. The van der Waals surface area contributed by atoms with E-state index in [2.05, 4.69) is 15.5 Å². The first-order valence-corrected chi connectivity index (χ1v) is 12.3. The second kappa shape index (κ2) is 10.4. The number of amides is 2. The van der Waals surface area contributed by atoms with E-state index in [1.807, 2.05) is 44.2 Å². The molecule has 0 saturated carbocycles. The van der Waals surface area contributed by atoms with Gasteiger partial charge in [-0.15, -0.1) is 11.3 Å². The van der Waals surface area contributed by atoms with Crippen LogP contribution in [0.1, 0.15) is 41.9 Å². The third-order valence-corrected chi connectivity index (χ3v) is 7.03. The van der Waals surface area contributed by atoms with Crippen LogP contribution in [0.4, 0.5) is 4.39 Å². The molecule has 1 aromatic heterocycles. The molecule has 33 heavy (non-hydrogen) atoms. The monoisotopic (exact) mass is 467 g/mol. The molecule has 2 N–H and O–H groups in total. The Bertz CT molecular complexity index is 1080. The first kappa shape index (κ1) is 23.4. The van der Waals surface area contributed by atoms with Crippen molar-refractivity contribution in [2.24, 2.45) is 5.92 Å². The quantitative estimate of drug-likeness (QED) is 0.510. The van der Waals surface area contributed by atoms with Crippen LogP contribution < -0.4 is 10.6 Å². The van der Waals surface area contributed by atoms with Crippen LogP contribution >= 0.6 is 11.3 Å². The molecule has 2 aromatic carbocycles. The predicted octanol–water partition coefficient (Wildman–Crippen LogP) is 4.58. The molecule has 4 rings (SSSR count). The van der Waals surface area contributed by atoms with E-state index in [-0.39, 0.29) is 29.6 Å². The number of carbonyl (C=O) groups is 2. The second-order valence-corrected chi connectivity index (χ2v) is 10.2. The first-order chi connectivity index (χ1) is 15.9. The van der Waals surface area contributed by atoms with Gasteiger partial charge in [0, 0.05) is 30.4 Å². The van der Waals surface area contributed by atoms with Gasteiger partial charge in [0.2, 0.25) is 5.91 Å². The van der Waals surface area contributed by atoms with Crippen LogP contribution in [0.15, 0.2) is 54.6 Å². The highest BCUT2D eigenvalue weighted by atomic mass is 32.1. The van der Waals surface area contributed by atoms with Crippen molar-refractivity contribution in [3.05, 3.63) is 70.9 Å². The lowest BCUT2D eigenvalue weighted by molar-refractivity contribution is -0.124. The molecular formula is C26H30FN3O2S. The number of fused-ring (bicyclic) bond motifs is 1. The largest absolute Gasteiger partial charge is 0.350 e. The van der Waals surface area contributed by atoms with Gasteiger partial charge in [-0.1, -0.05) is 44.2 Å². The van der Waals surface area contributed by atoms with Crippen LogP contribution in [-0.2, 0) is 11.3 Å². The Morgan fingerprint density at radius 1 is 1.15 bits per heavy atom. The number of carbonyl (C=O) groups excluding carboxylic acids is 2. The fraction of sp³-hybridized carbons (Fsp3) is 0.385. The number of likely N-dealkylation sites (tertiary alicyclic amines) is 1. The van der Waals surface area contributed by atoms with E-state index in [1.54, 1.807) is 12.1 Å². The molecule has 0 unspecified atom stereocenters. The summed E-state index contributed by atoms with van der Waals surface area (Å²) in [5.41, 5.74) is 1.05. The maximum atomic E-state index is 13.1. The van der Waals surface area contributed by atoms with Crippen LogP contribution in [-0.4, -0.2) is 41.9 Å². The van der Waals surface area contributed by atoms with Crippen molar-refractivity contribution < 1.29 is 14.0 Å². The molecule has 1 aliphatic heterocycles. The normalized spacial score (nSPS) is 17.4. The molecule has 1 saturated heterocycles. The minimum absolute atomic E-state index is 0.0360. The van der Waals surface area contributed by atoms with E-state index < -0.39 is 6.04 Å². The highest BCUT2D eigenvalue weighted by Crippen LogP contribution is 2.25. The lowest BCUT2D eigenvalue weighted by Crippen LogP contribution is -2.50. The number of thiophene rings is 1. The minimum Gasteiger partial charge on any atom is -0.350 e. The molecule has 7 heteroatoms. The SMILES string of the molecule is CC(C)C[C@H](NC(=O)c1cc2ccccc2s1)C(=O)N[C@H]1CCN(Cc2ccc(F)cc2)C1. The van der Waals surface area contributed by atoms with E-state index in [0.29, 0.717) is 11.3 Å². The van der Waals surface area contributed by atoms with Gasteiger partial charge in [0.15, 0.2) is 0 Å². The van der Waals surface area contributed by atoms with E-state index in [4.69, 9.17) is 0 Å². The van der Waals surface area contributed by atoms with Crippen LogP contribution in [0.5, 0.6) is 0 Å². The molecule has 3 aromatic rings. The molecule has 1 fully saturated rings. The molecule has 1 aliphatic rings. The first-order valence-electron chi connectivity index (χ1n) is 11.4. The zero-order chi connectivity index (χ0) is 23.4. The molecule has 0 spiro atoms. The summed E-state index contributed by atoms with van der Waals surface area (Å²) in [5.74, 6) is -0.311. The maximum Gasteiger partial charge on any atom is 0.262 e. The number of benzene rings is 2. The molecule has 0 bridgehead atoms. The Hall–Kier alpha value is -2.77. The molecule has 5 nitrogen and oxygen atoms in total. The van der Waals surface area contributed by atoms with Gasteiger partial charge >= 0.3 is 0 Å². The van der Waals surface area contributed by atoms with Gasteiger partial charge in [0.1, 0.15) is 11.9 Å². The fourth-order valence-corrected chi connectivity index (χ4v) is 5.24. The van der Waals surface area contributed by atoms with Crippen LogP contribution in [0, 0.1) is 11.7 Å². The Balaban J connectivity index is 1.35. The highest BCUT2D eigenvalue weighted by Gasteiger charge is 2.29. The lowest BCUT2D eigenvalue weighted by atomic mass is 10.0. The summed E-state index contributed by atoms with van der Waals surface area (Å²) in [7, 11) is 0. The Labute approximate surface area is 198 Å². The summed E-state index contributed by atoms with van der Waals surface area (Å²) in [5, 5.41) is 7.14. The Morgan fingerprint density at radius 3 is 2.64 bits per heavy atom. The lowest BCUT2D eigenvalue weighted by Gasteiger charge is -2.22. The van der Waals surface area contributed by atoms with Gasteiger partial charge in [-0.25, -0.2) is 4.39 Å². The second-order valence-electron chi connectivity index (χ2n) is 9.16. The fourth-order valence-electron chi connectivity index (χ4n) is 4.27. The summed E-state index contributed by atoms with van der Waals surface area (Å²) < 4.78 is 14.2. The number of halogens is 1. The van der Waals surface area contributed by atoms with Crippen LogP contribution in [0.25, 0.3) is 10.1 Å². The van der Waals surface area contributed by atoms with Crippen LogP contribution in [0.2, 0.25) is 0 Å². The molecule has 174 valence electrons. The number of hydrogen-bond acceptors (Lipinski definition) is 4. The number of nitrogens with zero attached hydrogens (tertiary/aromatic N) is 1. The van der Waals surface area contributed by atoms with E-state index >= 15 is 0 Å². The summed E-state index contributed by atoms with van der Waals surface area (Å²) in [6, 6.07) is 15.8. The van der Waals surface area contributed by atoms with E-state index in [0.717, 1.165) is 41.7 Å². The topological polar surface area (TPSA) is 61.4 Å². The predicted molar refractivity (Wildman–Crippen MR) is 131 cm³/mol. The summed E-state index contributed by atoms with van der Waals surface area (Å²) in [6.45, 7) is 6.43. The molecule has 2 amide bonds. The standard InChI is InChI=1S/C26H30FN3O2S/c1-17(2)13-22(29-26(32)24-14-19-5-3-4-6-23(19)33-24)25(31)28-21-11-12-30(16-21)15-18-7-9-20(27)10-8-18/h3-10,14,17,21-22H,11-13,15-16H2,1-2H3,(H,28,31)(H,29,32)/t21-,22-/m0/s1. The Kier molecular flexibility index (Phi) is 7.40. The minimum atomic E-state index is -0.575.